The SMILES string of the molecule is CNC(C)C(=O)NC1CN(S(=O)(=O)c2cccc(S(=O)(=O)N3CCC4CCC(C(=O)NC(c5ccccc5)c5ccccc5)N4C(=O)C(NC(=O)C(C)NC)C3)c2)CCC2CCC(C(=O)NC(c3ccccc3)c3ccccc3)N2C1=O.COS(=O)(=O)NC1CC(Nc2ccnc3cc(-c4cccc(SC(F)(F)F)c4)nn23)C(O)C1O. The van der Waals surface area contributed by atoms with Crippen LogP contribution in [0.1, 0.15) is 93.1 Å². The molecule has 37 heteroatoms. The smallest absolute Gasteiger partial charge is 0.389 e. The molecule has 0 bridgehead atoms. The summed E-state index contributed by atoms with van der Waals surface area (Å²) in [5.41, 5.74) is 0.128. The summed E-state index contributed by atoms with van der Waals surface area (Å²) in [4.78, 5) is 92.4. The Morgan fingerprint density at radius 3 is 1.43 bits per heavy atom. The van der Waals surface area contributed by atoms with E-state index < -0.39 is 179 Å². The largest absolute Gasteiger partial charge is 0.446 e. The van der Waals surface area contributed by atoms with Crippen molar-refractivity contribution in [2.24, 2.45) is 0 Å². The fraction of sp³-hybridized carbons (Fsp3) is 0.392. The maximum atomic E-state index is 15.0. The lowest BCUT2D eigenvalue weighted by Gasteiger charge is -2.39. The van der Waals surface area contributed by atoms with E-state index in [1.165, 1.54) is 56.9 Å². The summed E-state index contributed by atoms with van der Waals surface area (Å²) >= 11 is -0.225. The van der Waals surface area contributed by atoms with Crippen LogP contribution in [0, 0.1) is 0 Å². The van der Waals surface area contributed by atoms with Crippen molar-refractivity contribution in [3.63, 3.8) is 0 Å². The van der Waals surface area contributed by atoms with Crippen molar-refractivity contribution in [3.05, 3.63) is 210 Å². The molecule has 116 heavy (non-hydrogen) atoms. The second-order valence-corrected chi connectivity index (χ2v) is 35.4. The molecule has 1 aliphatic carbocycles. The van der Waals surface area contributed by atoms with E-state index in [2.05, 4.69) is 56.2 Å². The van der Waals surface area contributed by atoms with E-state index in [0.29, 0.717) is 35.6 Å². The average Bonchev–Trinajstić information content (AvgIpc) is 1.67. The highest BCUT2D eigenvalue weighted by molar-refractivity contribution is 8.00. The molecule has 2 aromatic heterocycles. The Labute approximate surface area is 674 Å². The van der Waals surface area contributed by atoms with Crippen LogP contribution in [0.4, 0.5) is 19.0 Å². The van der Waals surface area contributed by atoms with Crippen LogP contribution < -0.4 is 41.9 Å². The standard InChI is InChI=1S/C60H72N10O10S2.C19H20F3N5O5S2/c1-39(61-3)55(71)63-49-37-67(34-32-45-28-30-51(69(45)59(49)75)57(73)65-53(41-18-9-5-10-19-41)42-20-11-6-12-21-42)81(77,78)47-26-17-27-48(36-47)82(79,80)68-35-33-46-29-31-52(70(46)60(76)50(38-68)64-56(72)40(2)62-4)58(74)66-54(43-22-13-7-14-23-43)44-24-15-8-16-25-44;1-32-34(30,31)26-14-8-13(17(28)18(14)29)24-15-5-6-23-16-9-12(25-27(15)16)10-3-2-4-11(7-10)33-19(20,21)22/h5-27,36,39-40,45-46,49-54,61-62H,28-35,37-38H2,1-4H3,(H,63,71)(H,64,72)(H,65,73)(H,66,74);2-7,9,13-14,17-18,24,26,28-29H,8H2,1H3. The van der Waals surface area contributed by atoms with Gasteiger partial charge in [0.05, 0.1) is 64.9 Å². The molecule has 12 unspecified atom stereocenters. The van der Waals surface area contributed by atoms with Gasteiger partial charge in [-0.15, -0.1) is 0 Å². The number of nitrogens with zero attached hydrogens (tertiary/aromatic N) is 7. The van der Waals surface area contributed by atoms with Crippen LogP contribution in [0.3, 0.4) is 0 Å². The monoisotopic (exact) mass is 1680 g/mol. The van der Waals surface area contributed by atoms with Crippen molar-refractivity contribution < 1.29 is 81.6 Å². The number of anilines is 1. The number of hydrogen-bond acceptors (Lipinski definition) is 21. The molecule has 1 saturated carbocycles. The molecule has 10 N–H and O–H groups in total. The lowest BCUT2D eigenvalue weighted by Crippen LogP contribution is -2.62. The van der Waals surface area contributed by atoms with Crippen molar-refractivity contribution >= 4 is 89.0 Å². The van der Waals surface area contributed by atoms with Crippen LogP contribution in [0.25, 0.3) is 16.9 Å². The molecule has 8 aromatic rings. The molecule has 0 radical (unpaired) electrons. The Hall–Kier alpha value is -9.77. The predicted molar refractivity (Wildman–Crippen MR) is 424 cm³/mol. The van der Waals surface area contributed by atoms with E-state index in [4.69, 9.17) is 0 Å². The fourth-order valence-corrected chi connectivity index (χ4v) is 19.7. The van der Waals surface area contributed by atoms with Crippen LogP contribution in [0.5, 0.6) is 0 Å². The molecule has 30 nitrogen and oxygen atoms in total. The molecule has 4 aliphatic heterocycles. The van der Waals surface area contributed by atoms with Gasteiger partial charge in [0.15, 0.2) is 5.65 Å². The molecule has 13 rings (SSSR count). The third-order valence-corrected chi connectivity index (χ3v) is 27.1. The Morgan fingerprint density at radius 2 is 1.00 bits per heavy atom. The number of fused-ring (bicyclic) bond motifs is 3. The van der Waals surface area contributed by atoms with Crippen LogP contribution in [0.15, 0.2) is 203 Å². The summed E-state index contributed by atoms with van der Waals surface area (Å²) in [6.45, 7) is 1.80. The number of likely N-dealkylation sites (N-methyl/N-ethyl adjacent to an activating group) is 2. The zero-order valence-corrected chi connectivity index (χ0v) is 67.1. The van der Waals surface area contributed by atoms with Gasteiger partial charge in [-0.1, -0.05) is 140 Å². The highest BCUT2D eigenvalue weighted by atomic mass is 32.2. The van der Waals surface area contributed by atoms with Crippen LogP contribution in [0.2, 0.25) is 0 Å². The number of benzene rings is 6. The number of nitrogens with one attached hydrogen (secondary N) is 8. The lowest BCUT2D eigenvalue weighted by molar-refractivity contribution is -0.144. The Morgan fingerprint density at radius 1 is 0.560 bits per heavy atom. The molecule has 6 amide bonds. The molecule has 6 aromatic carbocycles. The summed E-state index contributed by atoms with van der Waals surface area (Å²) in [5.74, 6) is -2.88. The number of alkyl halides is 3. The van der Waals surface area contributed by atoms with Gasteiger partial charge in [-0.25, -0.2) is 21.8 Å². The fourth-order valence-electron chi connectivity index (χ4n) is 15.3. The zero-order valence-electron chi connectivity index (χ0n) is 63.9. The summed E-state index contributed by atoms with van der Waals surface area (Å²) in [5, 5.41) is 45.7. The number of rotatable bonds is 25. The highest BCUT2D eigenvalue weighted by Gasteiger charge is 2.50. The van der Waals surface area contributed by atoms with Gasteiger partial charge in [-0.3, -0.25) is 33.0 Å². The Kier molecular flexibility index (Phi) is 27.2. The van der Waals surface area contributed by atoms with Gasteiger partial charge in [-0.2, -0.15) is 44.5 Å². The minimum absolute atomic E-state index is 0.0148. The number of sulfonamides is 2. The second-order valence-electron chi connectivity index (χ2n) is 29.0. The van der Waals surface area contributed by atoms with Crippen molar-refractivity contribution in [3.8, 4) is 11.3 Å². The van der Waals surface area contributed by atoms with E-state index in [1.807, 2.05) is 121 Å². The van der Waals surface area contributed by atoms with Gasteiger partial charge in [0.25, 0.3) is 0 Å². The van der Waals surface area contributed by atoms with E-state index in [9.17, 15) is 60.6 Å². The summed E-state index contributed by atoms with van der Waals surface area (Å²) in [6.07, 6.45) is 0.360. The quantitative estimate of drug-likeness (QED) is 0.0338. The number of aromatic nitrogens is 3. The van der Waals surface area contributed by atoms with Crippen molar-refractivity contribution in [1.82, 2.24) is 69.6 Å². The van der Waals surface area contributed by atoms with E-state index >= 15 is 16.8 Å². The van der Waals surface area contributed by atoms with Crippen molar-refractivity contribution in [1.29, 1.82) is 0 Å². The predicted octanol–water partition coefficient (Wildman–Crippen LogP) is 4.96. The van der Waals surface area contributed by atoms with Gasteiger partial charge in [0.2, 0.25) is 55.5 Å². The van der Waals surface area contributed by atoms with E-state index in [1.54, 1.807) is 46.1 Å². The number of hydrogen-bond donors (Lipinski definition) is 10. The number of carbonyl (C=O) groups excluding carboxylic acids is 6. The van der Waals surface area contributed by atoms with Crippen LogP contribution in [-0.2, 0) is 63.3 Å². The van der Waals surface area contributed by atoms with E-state index in [0.717, 1.165) is 44.0 Å². The molecule has 618 valence electrons. The molecule has 0 spiro atoms. The first kappa shape index (κ1) is 85.6. The molecule has 5 aliphatic rings. The topological polar surface area (TPSA) is 394 Å². The first-order valence-electron chi connectivity index (χ1n) is 37.8. The second kappa shape index (κ2) is 36.8. The summed E-state index contributed by atoms with van der Waals surface area (Å²) in [6, 6.07) is 41.2. The third-order valence-electron chi connectivity index (χ3n) is 21.6. The van der Waals surface area contributed by atoms with Gasteiger partial charge in [-0.05, 0) is 143 Å². The molecule has 6 heterocycles. The number of amides is 6. The minimum Gasteiger partial charge on any atom is -0.389 e. The van der Waals surface area contributed by atoms with Crippen LogP contribution in [-0.4, -0.2) is 229 Å². The van der Waals surface area contributed by atoms with Crippen molar-refractivity contribution in [2.75, 3.05) is 52.7 Å². The number of carbonyl (C=O) groups is 6. The highest BCUT2D eigenvalue weighted by Crippen LogP contribution is 2.40. The maximum Gasteiger partial charge on any atom is 0.446 e. The first-order chi connectivity index (χ1) is 55.4. The zero-order chi connectivity index (χ0) is 83.0. The van der Waals surface area contributed by atoms with Crippen LogP contribution >= 0.6 is 11.8 Å². The number of aliphatic hydroxyl groups excluding tert-OH is 2. The van der Waals surface area contributed by atoms with Gasteiger partial charge >= 0.3 is 15.8 Å². The normalized spacial score (nSPS) is 22.9. The van der Waals surface area contributed by atoms with Crippen molar-refractivity contribution in [2.45, 2.75) is 164 Å². The maximum absolute atomic E-state index is 15.0. The molecule has 5 fully saturated rings. The molecular weight excluding hydrogens is 1580 g/mol. The average molecular weight is 1680 g/mol. The van der Waals surface area contributed by atoms with Gasteiger partial charge in [0, 0.05) is 61.0 Å². The number of halogens is 3. The van der Waals surface area contributed by atoms with Gasteiger partial charge in [0.1, 0.15) is 36.1 Å². The Bertz CT molecular complexity index is 4900. The number of thioether (sulfide) groups is 1. The molecule has 4 saturated heterocycles. The summed E-state index contributed by atoms with van der Waals surface area (Å²) in [7, 11) is -9.24. The first-order valence-corrected chi connectivity index (χ1v) is 42.9. The molecule has 12 atom stereocenters. The third kappa shape index (κ3) is 19.7. The molecular formula is C79H92F3N15O15S4. The summed E-state index contributed by atoms with van der Waals surface area (Å²) < 4.78 is 132. The lowest BCUT2D eigenvalue weighted by atomic mass is 9.98. The van der Waals surface area contributed by atoms with E-state index in [-0.39, 0.29) is 61.9 Å². The van der Waals surface area contributed by atoms with Gasteiger partial charge < -0.3 is 57.2 Å². The minimum atomic E-state index is -4.63. The number of aliphatic hydroxyl groups is 2. The Balaban J connectivity index is 0.000000303.